The number of fused-ring (bicyclic) bond motifs is 1. The van der Waals surface area contributed by atoms with Crippen molar-refractivity contribution in [1.29, 1.82) is 0 Å². The lowest BCUT2D eigenvalue weighted by Crippen LogP contribution is -2.11. The molecule has 0 unspecified atom stereocenters. The van der Waals surface area contributed by atoms with Gasteiger partial charge < -0.3 is 19.4 Å². The van der Waals surface area contributed by atoms with Crippen molar-refractivity contribution < 1.29 is 14.3 Å². The highest BCUT2D eigenvalue weighted by molar-refractivity contribution is 9.10. The summed E-state index contributed by atoms with van der Waals surface area (Å²) in [6.07, 6.45) is 12.0. The summed E-state index contributed by atoms with van der Waals surface area (Å²) < 4.78 is 14.5. The molecule has 0 fully saturated rings. The van der Waals surface area contributed by atoms with Crippen molar-refractivity contribution in [2.24, 2.45) is 0 Å². The van der Waals surface area contributed by atoms with Gasteiger partial charge in [-0.25, -0.2) is 15.0 Å². The summed E-state index contributed by atoms with van der Waals surface area (Å²) in [7, 11) is 0.939. The van der Waals surface area contributed by atoms with Crippen LogP contribution in [0.4, 0.5) is 5.82 Å². The molecule has 4 aromatic rings. The van der Waals surface area contributed by atoms with Crippen LogP contribution in [0.25, 0.3) is 33.5 Å². The molecule has 0 spiro atoms. The van der Waals surface area contributed by atoms with Gasteiger partial charge in [0.1, 0.15) is 18.3 Å². The van der Waals surface area contributed by atoms with E-state index in [-0.39, 0.29) is 5.91 Å². The van der Waals surface area contributed by atoms with Gasteiger partial charge in [-0.1, -0.05) is 0 Å². The number of anilines is 1. The van der Waals surface area contributed by atoms with Crippen LogP contribution in [0.3, 0.4) is 0 Å². The molecule has 190 valence electrons. The van der Waals surface area contributed by atoms with E-state index < -0.39 is 10.0 Å². The molecule has 1 amide bonds. The van der Waals surface area contributed by atoms with Gasteiger partial charge in [-0.15, -0.1) is 0 Å². The fourth-order valence-electron chi connectivity index (χ4n) is 3.81. The second-order valence-corrected chi connectivity index (χ2v) is 14.7. The number of carbonyl (C=O) groups is 1. The SMILES string of the molecule is COc1ccc(-c2c(-c3ccnc(NC(C)=O)c3)n(COCCS(C)(C)C)c3cc(Br)cnc23)nc1. The second kappa shape index (κ2) is 11.0. The number of pyridine rings is 3. The highest BCUT2D eigenvalue weighted by atomic mass is 79.9. The molecule has 0 atom stereocenters. The molecular weight excluding hydrogens is 542 g/mol. The lowest BCUT2D eigenvalue weighted by Gasteiger charge is -2.24. The van der Waals surface area contributed by atoms with Gasteiger partial charge in [-0.2, -0.15) is 0 Å². The number of rotatable bonds is 9. The van der Waals surface area contributed by atoms with Crippen LogP contribution in [0.5, 0.6) is 5.75 Å². The topological polar surface area (TPSA) is 91.2 Å². The normalized spacial score (nSPS) is 12.1. The van der Waals surface area contributed by atoms with Crippen molar-refractivity contribution in [3.8, 4) is 28.3 Å². The van der Waals surface area contributed by atoms with E-state index in [1.807, 2.05) is 30.3 Å². The first kappa shape index (κ1) is 26.1. The number of carbonyl (C=O) groups excluding carboxylic acids is 1. The first-order valence-corrected chi connectivity index (χ1v) is 15.1. The molecule has 8 nitrogen and oxygen atoms in total. The minimum atomic E-state index is -0.676. The van der Waals surface area contributed by atoms with E-state index in [1.165, 1.54) is 6.92 Å². The molecule has 4 aromatic heterocycles. The molecule has 4 heterocycles. The Balaban J connectivity index is 1.92. The third kappa shape index (κ3) is 6.05. The molecule has 0 aromatic carbocycles. The molecular formula is C26H30BrN5O3S. The van der Waals surface area contributed by atoms with Crippen molar-refractivity contribution in [2.45, 2.75) is 13.7 Å². The number of hydrogen-bond donors (Lipinski definition) is 1. The van der Waals surface area contributed by atoms with Crippen molar-refractivity contribution in [2.75, 3.05) is 43.6 Å². The van der Waals surface area contributed by atoms with Gasteiger partial charge in [0.2, 0.25) is 5.91 Å². The van der Waals surface area contributed by atoms with E-state index >= 15 is 0 Å². The maximum Gasteiger partial charge on any atom is 0.222 e. The van der Waals surface area contributed by atoms with Crippen LogP contribution in [-0.4, -0.2) is 63.7 Å². The van der Waals surface area contributed by atoms with E-state index in [9.17, 15) is 4.79 Å². The standard InChI is InChI=1S/C26H30BrN5O3S/c1-17(33)31-23-12-18(8-9-28-23)26-24(21-7-6-20(34-2)15-29-21)25-22(13-19(27)14-30-25)32(26)16-35-10-11-36(3,4)5/h6-9,12-15H,10-11,16H2,1-5H3,(H,28,31,33). The first-order chi connectivity index (χ1) is 17.2. The number of aromatic nitrogens is 4. The molecule has 0 bridgehead atoms. The van der Waals surface area contributed by atoms with Crippen LogP contribution in [-0.2, 0) is 16.3 Å². The zero-order chi connectivity index (χ0) is 25.9. The van der Waals surface area contributed by atoms with Crippen LogP contribution in [0.15, 0.2) is 53.4 Å². The third-order valence-electron chi connectivity index (χ3n) is 5.49. The van der Waals surface area contributed by atoms with Crippen LogP contribution in [0.2, 0.25) is 0 Å². The van der Waals surface area contributed by atoms with Crippen molar-refractivity contribution in [1.82, 2.24) is 19.5 Å². The first-order valence-electron chi connectivity index (χ1n) is 11.3. The molecule has 4 rings (SSSR count). The fourth-order valence-corrected chi connectivity index (χ4v) is 4.75. The lowest BCUT2D eigenvalue weighted by molar-refractivity contribution is -0.114. The molecule has 0 aliphatic rings. The number of nitrogens with zero attached hydrogens (tertiary/aromatic N) is 4. The van der Waals surface area contributed by atoms with Gasteiger partial charge in [0.05, 0.1) is 47.9 Å². The Morgan fingerprint density at radius 1 is 1.11 bits per heavy atom. The minimum Gasteiger partial charge on any atom is -0.495 e. The average Bonchev–Trinajstić information content (AvgIpc) is 3.14. The molecule has 10 heteroatoms. The van der Waals surface area contributed by atoms with Gasteiger partial charge in [0, 0.05) is 35.1 Å². The number of nitrogens with one attached hydrogen (secondary N) is 1. The van der Waals surface area contributed by atoms with Gasteiger partial charge in [-0.05, 0) is 65.0 Å². The molecule has 0 radical (unpaired) electrons. The summed E-state index contributed by atoms with van der Waals surface area (Å²) in [5.74, 6) is 1.97. The molecule has 1 N–H and O–H groups in total. The lowest BCUT2D eigenvalue weighted by atomic mass is 10.0. The zero-order valence-electron chi connectivity index (χ0n) is 21.0. The number of halogens is 1. The van der Waals surface area contributed by atoms with Crippen molar-refractivity contribution in [3.05, 3.63) is 53.4 Å². The second-order valence-electron chi connectivity index (χ2n) is 9.20. The Morgan fingerprint density at radius 2 is 1.92 bits per heavy atom. The molecule has 0 aliphatic carbocycles. The van der Waals surface area contributed by atoms with Gasteiger partial charge in [-0.3, -0.25) is 14.8 Å². The van der Waals surface area contributed by atoms with Crippen LogP contribution >= 0.6 is 26.0 Å². The Bertz CT molecular complexity index is 1380. The maximum absolute atomic E-state index is 11.7. The van der Waals surface area contributed by atoms with Crippen LogP contribution < -0.4 is 10.1 Å². The summed E-state index contributed by atoms with van der Waals surface area (Å²) in [4.78, 5) is 25.5. The molecule has 0 saturated heterocycles. The minimum absolute atomic E-state index is 0.184. The number of ether oxygens (including phenoxy) is 2. The molecule has 0 aliphatic heterocycles. The Labute approximate surface area is 220 Å². The average molecular weight is 573 g/mol. The van der Waals surface area contributed by atoms with E-state index in [1.54, 1.807) is 25.7 Å². The summed E-state index contributed by atoms with van der Waals surface area (Å²) in [5, 5.41) is 2.78. The summed E-state index contributed by atoms with van der Waals surface area (Å²) in [6.45, 7) is 2.46. The molecule has 36 heavy (non-hydrogen) atoms. The summed E-state index contributed by atoms with van der Waals surface area (Å²) >= 11 is 3.58. The van der Waals surface area contributed by atoms with Gasteiger partial charge in [0.25, 0.3) is 0 Å². The van der Waals surface area contributed by atoms with E-state index in [0.29, 0.717) is 24.9 Å². The van der Waals surface area contributed by atoms with Crippen molar-refractivity contribution in [3.63, 3.8) is 0 Å². The predicted molar refractivity (Wildman–Crippen MR) is 151 cm³/mol. The Morgan fingerprint density at radius 3 is 2.58 bits per heavy atom. The van der Waals surface area contributed by atoms with Gasteiger partial charge in [0.15, 0.2) is 0 Å². The van der Waals surface area contributed by atoms with E-state index in [4.69, 9.17) is 14.5 Å². The summed E-state index contributed by atoms with van der Waals surface area (Å²) in [6, 6.07) is 9.61. The third-order valence-corrected chi connectivity index (χ3v) is 7.32. The van der Waals surface area contributed by atoms with Crippen molar-refractivity contribution >= 4 is 48.7 Å². The molecule has 0 saturated carbocycles. The summed E-state index contributed by atoms with van der Waals surface area (Å²) in [5.41, 5.74) is 5.07. The predicted octanol–water partition coefficient (Wildman–Crippen LogP) is 5.56. The van der Waals surface area contributed by atoms with E-state index in [2.05, 4.69) is 54.5 Å². The highest BCUT2D eigenvalue weighted by Gasteiger charge is 2.23. The largest absolute Gasteiger partial charge is 0.495 e. The fraction of sp³-hybridized carbons (Fsp3) is 0.308. The smallest absolute Gasteiger partial charge is 0.222 e. The number of amides is 1. The highest BCUT2D eigenvalue weighted by Crippen LogP contribution is 2.41. The quantitative estimate of drug-likeness (QED) is 0.264. The van der Waals surface area contributed by atoms with Crippen LogP contribution in [0.1, 0.15) is 6.92 Å². The number of methoxy groups -OCH3 is 1. The Kier molecular flexibility index (Phi) is 7.97. The van der Waals surface area contributed by atoms with E-state index in [0.717, 1.165) is 43.8 Å². The monoisotopic (exact) mass is 571 g/mol. The zero-order valence-corrected chi connectivity index (χ0v) is 23.4. The Hall–Kier alpha value is -2.95. The maximum atomic E-state index is 11.7. The van der Waals surface area contributed by atoms with Gasteiger partial charge >= 0.3 is 0 Å². The number of hydrogen-bond acceptors (Lipinski definition) is 6. The van der Waals surface area contributed by atoms with Crippen LogP contribution in [0, 0.1) is 0 Å².